The summed E-state index contributed by atoms with van der Waals surface area (Å²) < 4.78 is 1.80. The molecule has 2 heterocycles. The second-order valence-corrected chi connectivity index (χ2v) is 5.88. The molecular weight excluding hydrogens is 276 g/mol. The van der Waals surface area contributed by atoms with E-state index in [9.17, 15) is 4.79 Å². The minimum Gasteiger partial charge on any atom is -0.328 e. The Morgan fingerprint density at radius 3 is 2.77 bits per heavy atom. The second-order valence-electron chi connectivity index (χ2n) is 5.88. The first-order chi connectivity index (χ1) is 10.7. The Balaban J connectivity index is 1.90. The van der Waals surface area contributed by atoms with Crippen molar-refractivity contribution in [3.8, 4) is 0 Å². The van der Waals surface area contributed by atoms with Crippen molar-refractivity contribution < 1.29 is 4.79 Å². The Morgan fingerprint density at radius 2 is 2.05 bits per heavy atom. The number of aromatic nitrogens is 2. The van der Waals surface area contributed by atoms with Crippen molar-refractivity contribution in [2.24, 2.45) is 0 Å². The molecule has 0 spiro atoms. The molecule has 1 aliphatic rings. The Bertz CT molecular complexity index is 635. The molecule has 0 radical (unpaired) electrons. The molecule has 1 fully saturated rings. The quantitative estimate of drug-likeness (QED) is 0.945. The molecule has 0 bridgehead atoms. The minimum absolute atomic E-state index is 0.0570. The number of nitrogens with one attached hydrogen (secondary N) is 1. The van der Waals surface area contributed by atoms with Gasteiger partial charge in [-0.1, -0.05) is 30.3 Å². The van der Waals surface area contributed by atoms with E-state index in [1.165, 1.54) is 5.56 Å². The highest BCUT2D eigenvalue weighted by Gasteiger charge is 2.30. The maximum absolute atomic E-state index is 13.0. The first kappa shape index (κ1) is 14.8. The zero-order valence-corrected chi connectivity index (χ0v) is 13.1. The summed E-state index contributed by atoms with van der Waals surface area (Å²) in [5.74, 6) is 0.0570. The van der Waals surface area contributed by atoms with Gasteiger partial charge in [0.05, 0.1) is 6.04 Å². The summed E-state index contributed by atoms with van der Waals surface area (Å²) in [6, 6.07) is 12.3. The third-order valence-corrected chi connectivity index (χ3v) is 4.07. The van der Waals surface area contributed by atoms with E-state index in [2.05, 4.69) is 22.5 Å². The molecule has 3 rings (SSSR count). The Hall–Kier alpha value is -2.14. The van der Waals surface area contributed by atoms with Crippen LogP contribution in [0.5, 0.6) is 0 Å². The SMILES string of the molecule is CC(C)n1nccc1C(=O)N1CCNC[C@@H]1c1ccccc1. The summed E-state index contributed by atoms with van der Waals surface area (Å²) in [6.45, 7) is 6.39. The van der Waals surface area contributed by atoms with Gasteiger partial charge in [0.15, 0.2) is 0 Å². The van der Waals surface area contributed by atoms with Crippen molar-refractivity contribution in [1.29, 1.82) is 0 Å². The average molecular weight is 298 g/mol. The van der Waals surface area contributed by atoms with Crippen LogP contribution in [0.2, 0.25) is 0 Å². The van der Waals surface area contributed by atoms with Gasteiger partial charge in [-0.05, 0) is 25.5 Å². The number of benzene rings is 1. The number of nitrogens with zero attached hydrogens (tertiary/aromatic N) is 3. The first-order valence-corrected chi connectivity index (χ1v) is 7.78. The molecule has 0 saturated carbocycles. The van der Waals surface area contributed by atoms with Crippen LogP contribution >= 0.6 is 0 Å². The summed E-state index contributed by atoms with van der Waals surface area (Å²) in [6.07, 6.45) is 1.70. The fourth-order valence-electron chi connectivity index (χ4n) is 2.96. The van der Waals surface area contributed by atoms with Gasteiger partial charge in [0.1, 0.15) is 5.69 Å². The van der Waals surface area contributed by atoms with Gasteiger partial charge < -0.3 is 10.2 Å². The number of hydrogen-bond acceptors (Lipinski definition) is 3. The summed E-state index contributed by atoms with van der Waals surface area (Å²) >= 11 is 0. The molecule has 1 aliphatic heterocycles. The van der Waals surface area contributed by atoms with E-state index >= 15 is 0 Å². The molecule has 2 aromatic rings. The molecule has 1 aromatic carbocycles. The van der Waals surface area contributed by atoms with Crippen molar-refractivity contribution in [2.75, 3.05) is 19.6 Å². The van der Waals surface area contributed by atoms with E-state index in [4.69, 9.17) is 0 Å². The standard InChI is InChI=1S/C17H22N4O/c1-13(2)21-15(8-9-19-21)17(22)20-11-10-18-12-16(20)14-6-4-3-5-7-14/h3-9,13,16,18H,10-12H2,1-2H3/t16-/m1/s1. The number of piperazine rings is 1. The molecule has 1 aromatic heterocycles. The van der Waals surface area contributed by atoms with Crippen LogP contribution in [0.4, 0.5) is 0 Å². The second kappa shape index (κ2) is 6.32. The minimum atomic E-state index is 0.0570. The number of carbonyl (C=O) groups excluding carboxylic acids is 1. The molecule has 1 atom stereocenters. The summed E-state index contributed by atoms with van der Waals surface area (Å²) in [5, 5.41) is 7.67. The van der Waals surface area contributed by atoms with Gasteiger partial charge in [-0.15, -0.1) is 0 Å². The average Bonchev–Trinajstić information content (AvgIpc) is 3.05. The fourth-order valence-corrected chi connectivity index (χ4v) is 2.96. The lowest BCUT2D eigenvalue weighted by Gasteiger charge is -2.36. The Labute approximate surface area is 130 Å². The zero-order chi connectivity index (χ0) is 15.5. The van der Waals surface area contributed by atoms with Gasteiger partial charge in [0.25, 0.3) is 5.91 Å². The predicted molar refractivity (Wildman–Crippen MR) is 85.7 cm³/mol. The Kier molecular flexibility index (Phi) is 4.24. The van der Waals surface area contributed by atoms with Crippen LogP contribution in [0.3, 0.4) is 0 Å². The van der Waals surface area contributed by atoms with Crippen molar-refractivity contribution in [2.45, 2.75) is 25.9 Å². The molecule has 1 N–H and O–H groups in total. The molecule has 116 valence electrons. The van der Waals surface area contributed by atoms with Crippen molar-refractivity contribution >= 4 is 5.91 Å². The van der Waals surface area contributed by atoms with Crippen molar-refractivity contribution in [3.05, 3.63) is 53.9 Å². The van der Waals surface area contributed by atoms with Crippen LogP contribution in [0.1, 0.15) is 42.0 Å². The molecule has 22 heavy (non-hydrogen) atoms. The molecule has 0 aliphatic carbocycles. The highest BCUT2D eigenvalue weighted by molar-refractivity contribution is 5.93. The van der Waals surface area contributed by atoms with Crippen molar-refractivity contribution in [1.82, 2.24) is 20.0 Å². The topological polar surface area (TPSA) is 50.2 Å². The lowest BCUT2D eigenvalue weighted by Crippen LogP contribution is -2.49. The van der Waals surface area contributed by atoms with Gasteiger partial charge in [-0.2, -0.15) is 5.10 Å². The van der Waals surface area contributed by atoms with E-state index in [1.807, 2.05) is 43.0 Å². The molecule has 5 nitrogen and oxygen atoms in total. The van der Waals surface area contributed by atoms with Crippen molar-refractivity contribution in [3.63, 3.8) is 0 Å². The van der Waals surface area contributed by atoms with Crippen LogP contribution in [-0.4, -0.2) is 40.2 Å². The highest BCUT2D eigenvalue weighted by atomic mass is 16.2. The van der Waals surface area contributed by atoms with Crippen LogP contribution in [0, 0.1) is 0 Å². The van der Waals surface area contributed by atoms with Crippen LogP contribution in [0.25, 0.3) is 0 Å². The molecular formula is C17H22N4O. The van der Waals surface area contributed by atoms with Crippen LogP contribution in [-0.2, 0) is 0 Å². The zero-order valence-electron chi connectivity index (χ0n) is 13.1. The monoisotopic (exact) mass is 298 g/mol. The lowest BCUT2D eigenvalue weighted by molar-refractivity contribution is 0.0619. The lowest BCUT2D eigenvalue weighted by atomic mass is 10.0. The van der Waals surface area contributed by atoms with Gasteiger partial charge in [0, 0.05) is 31.9 Å². The van der Waals surface area contributed by atoms with E-state index in [-0.39, 0.29) is 18.0 Å². The normalized spacial score (nSPS) is 18.7. The fraction of sp³-hybridized carbons (Fsp3) is 0.412. The largest absolute Gasteiger partial charge is 0.328 e. The van der Waals surface area contributed by atoms with Gasteiger partial charge >= 0.3 is 0 Å². The smallest absolute Gasteiger partial charge is 0.272 e. The first-order valence-electron chi connectivity index (χ1n) is 7.78. The third kappa shape index (κ3) is 2.76. The molecule has 1 saturated heterocycles. The van der Waals surface area contributed by atoms with Gasteiger partial charge in [-0.25, -0.2) is 0 Å². The maximum Gasteiger partial charge on any atom is 0.272 e. The number of hydrogen-bond donors (Lipinski definition) is 1. The van der Waals surface area contributed by atoms with E-state index in [1.54, 1.807) is 10.9 Å². The van der Waals surface area contributed by atoms with E-state index in [0.717, 1.165) is 13.1 Å². The maximum atomic E-state index is 13.0. The summed E-state index contributed by atoms with van der Waals surface area (Å²) in [4.78, 5) is 15.0. The third-order valence-electron chi connectivity index (χ3n) is 4.07. The summed E-state index contributed by atoms with van der Waals surface area (Å²) in [5.41, 5.74) is 1.83. The summed E-state index contributed by atoms with van der Waals surface area (Å²) in [7, 11) is 0. The molecule has 5 heteroatoms. The van der Waals surface area contributed by atoms with Gasteiger partial charge in [0.2, 0.25) is 0 Å². The molecule has 0 unspecified atom stereocenters. The van der Waals surface area contributed by atoms with E-state index < -0.39 is 0 Å². The van der Waals surface area contributed by atoms with Gasteiger partial charge in [-0.3, -0.25) is 9.48 Å². The number of carbonyl (C=O) groups is 1. The predicted octanol–water partition coefficient (Wildman–Crippen LogP) is 2.25. The Morgan fingerprint density at radius 1 is 1.27 bits per heavy atom. The highest BCUT2D eigenvalue weighted by Crippen LogP contribution is 2.24. The van der Waals surface area contributed by atoms with Crippen LogP contribution < -0.4 is 5.32 Å². The number of rotatable bonds is 3. The van der Waals surface area contributed by atoms with Crippen LogP contribution in [0.15, 0.2) is 42.6 Å². The van der Waals surface area contributed by atoms with E-state index in [0.29, 0.717) is 12.2 Å². The number of amides is 1. The molecule has 1 amide bonds.